The number of rotatable bonds is 10. The molecular weight excluding hydrogens is 569 g/mol. The summed E-state index contributed by atoms with van der Waals surface area (Å²) in [5, 5.41) is 0. The van der Waals surface area contributed by atoms with E-state index >= 15 is 0 Å². The Morgan fingerprint density at radius 1 is 0.977 bits per heavy atom. The highest BCUT2D eigenvalue weighted by Gasteiger charge is 2.41. The molecule has 1 amide bonds. The van der Waals surface area contributed by atoms with E-state index in [4.69, 9.17) is 14.2 Å². The molecule has 0 aliphatic carbocycles. The van der Waals surface area contributed by atoms with E-state index in [0.29, 0.717) is 24.3 Å². The lowest BCUT2D eigenvalue weighted by molar-refractivity contribution is -0.158. The molecule has 1 aliphatic heterocycles. The van der Waals surface area contributed by atoms with Crippen LogP contribution < -0.4 is 9.47 Å². The highest BCUT2D eigenvalue weighted by molar-refractivity contribution is 7.98. The second kappa shape index (κ2) is 13.6. The van der Waals surface area contributed by atoms with Gasteiger partial charge >= 0.3 is 12.1 Å². The van der Waals surface area contributed by atoms with Gasteiger partial charge in [0.2, 0.25) is 0 Å². The Labute approximate surface area is 256 Å². The first-order valence-electron chi connectivity index (χ1n) is 14.3. The summed E-state index contributed by atoms with van der Waals surface area (Å²) in [5.41, 5.74) is 2.14. The summed E-state index contributed by atoms with van der Waals surface area (Å²) in [7, 11) is 0. The number of esters is 1. The van der Waals surface area contributed by atoms with Crippen LogP contribution in [0.15, 0.2) is 65.6 Å². The minimum absolute atomic E-state index is 0.0284. The summed E-state index contributed by atoms with van der Waals surface area (Å²) in [5.74, 6) is -0.666. The zero-order valence-corrected chi connectivity index (χ0v) is 26.3. The number of carbonyl (C=O) groups is 3. The van der Waals surface area contributed by atoms with E-state index in [1.54, 1.807) is 37.4 Å². The molecule has 4 rings (SSSR count). The van der Waals surface area contributed by atoms with Gasteiger partial charge in [0.25, 0.3) is 0 Å². The third-order valence-electron chi connectivity index (χ3n) is 7.57. The Kier molecular flexibility index (Phi) is 10.2. The van der Waals surface area contributed by atoms with Gasteiger partial charge in [-0.25, -0.2) is 14.0 Å². The quantitative estimate of drug-likeness (QED) is 0.139. The number of likely N-dealkylation sites (tertiary alicyclic amines) is 1. The molecule has 0 radical (unpaired) electrons. The molecule has 0 aromatic heterocycles. The predicted molar refractivity (Wildman–Crippen MR) is 164 cm³/mol. The smallest absolute Gasteiger partial charge is 0.415 e. The van der Waals surface area contributed by atoms with Crippen LogP contribution in [0.3, 0.4) is 0 Å². The van der Waals surface area contributed by atoms with Gasteiger partial charge in [0, 0.05) is 29.5 Å². The number of aryl methyl sites for hydroxylation is 2. The van der Waals surface area contributed by atoms with Crippen LogP contribution in [0.5, 0.6) is 11.5 Å². The summed E-state index contributed by atoms with van der Waals surface area (Å²) in [4.78, 5) is 41.9. The van der Waals surface area contributed by atoms with Gasteiger partial charge < -0.3 is 19.1 Å². The number of nitrogens with zero attached hydrogens (tertiary/aromatic N) is 1. The fourth-order valence-corrected chi connectivity index (χ4v) is 5.79. The number of hydrogen-bond acceptors (Lipinski definition) is 7. The van der Waals surface area contributed by atoms with Crippen molar-refractivity contribution in [1.82, 2.24) is 4.90 Å². The topological polar surface area (TPSA) is 82.1 Å². The molecule has 1 aliphatic rings. The summed E-state index contributed by atoms with van der Waals surface area (Å²) in [6.07, 6.45) is 1.94. The fourth-order valence-electron chi connectivity index (χ4n) is 5.38. The molecule has 3 aromatic carbocycles. The number of hydrogen-bond donors (Lipinski definition) is 0. The molecular formula is C34H38FNO6S. The minimum atomic E-state index is -1.16. The van der Waals surface area contributed by atoms with E-state index in [1.165, 1.54) is 24.3 Å². The summed E-state index contributed by atoms with van der Waals surface area (Å²) < 4.78 is 30.1. The van der Waals surface area contributed by atoms with Crippen LogP contribution in [0.4, 0.5) is 9.18 Å². The lowest BCUT2D eigenvalue weighted by Crippen LogP contribution is -2.40. The third-order valence-corrected chi connectivity index (χ3v) is 8.32. The van der Waals surface area contributed by atoms with Crippen molar-refractivity contribution in [3.05, 3.63) is 88.7 Å². The molecule has 9 heteroatoms. The van der Waals surface area contributed by atoms with Crippen LogP contribution in [0.25, 0.3) is 0 Å². The minimum Gasteiger partial charge on any atom is -0.476 e. The number of ketones is 1. The van der Waals surface area contributed by atoms with Gasteiger partial charge in [-0.15, -0.1) is 11.8 Å². The molecule has 1 saturated heterocycles. The first-order chi connectivity index (χ1) is 20.4. The van der Waals surface area contributed by atoms with Crippen LogP contribution in [-0.4, -0.2) is 54.3 Å². The second-order valence-corrected chi connectivity index (χ2v) is 12.2. The zero-order chi connectivity index (χ0) is 31.3. The van der Waals surface area contributed by atoms with Crippen molar-refractivity contribution in [3.63, 3.8) is 0 Å². The van der Waals surface area contributed by atoms with Gasteiger partial charge in [0.05, 0.1) is 6.61 Å². The molecule has 0 N–H and O–H groups in total. The SMILES string of the molecule is CCOC(=O)C(C)(C)Oc1c(C)cc(CC2CN(C(=O)Oc3ccc(F)cc3)C[C@H]2C(=O)c2ccc(SC)cc2)cc1C. The van der Waals surface area contributed by atoms with E-state index in [-0.39, 0.29) is 30.6 Å². The Morgan fingerprint density at radius 2 is 1.60 bits per heavy atom. The third kappa shape index (κ3) is 7.76. The van der Waals surface area contributed by atoms with Crippen molar-refractivity contribution in [2.45, 2.75) is 51.5 Å². The molecule has 0 bridgehead atoms. The molecule has 0 spiro atoms. The maximum Gasteiger partial charge on any atom is 0.415 e. The lowest BCUT2D eigenvalue weighted by atomic mass is 9.84. The maximum atomic E-state index is 13.8. The van der Waals surface area contributed by atoms with Crippen molar-refractivity contribution >= 4 is 29.6 Å². The monoisotopic (exact) mass is 607 g/mol. The average Bonchev–Trinajstić information content (AvgIpc) is 3.40. The Hall–Kier alpha value is -3.85. The van der Waals surface area contributed by atoms with Gasteiger partial charge in [-0.3, -0.25) is 4.79 Å². The van der Waals surface area contributed by atoms with Gasteiger partial charge in [-0.1, -0.05) is 24.3 Å². The molecule has 7 nitrogen and oxygen atoms in total. The van der Waals surface area contributed by atoms with E-state index in [2.05, 4.69) is 0 Å². The average molecular weight is 608 g/mol. The zero-order valence-electron chi connectivity index (χ0n) is 25.4. The van der Waals surface area contributed by atoms with Crippen molar-refractivity contribution < 1.29 is 33.0 Å². The van der Waals surface area contributed by atoms with Crippen molar-refractivity contribution in [2.24, 2.45) is 11.8 Å². The van der Waals surface area contributed by atoms with Crippen LogP contribution in [0.1, 0.15) is 47.8 Å². The number of Topliss-reactive ketones (excluding diaryl/α,β-unsaturated/α-hetero) is 1. The molecule has 3 aromatic rings. The largest absolute Gasteiger partial charge is 0.476 e. The number of halogens is 1. The van der Waals surface area contributed by atoms with E-state index in [0.717, 1.165) is 21.6 Å². The van der Waals surface area contributed by atoms with Crippen LogP contribution in [0.2, 0.25) is 0 Å². The molecule has 2 atom stereocenters. The normalized spacial score (nSPS) is 16.6. The maximum absolute atomic E-state index is 13.8. The van der Waals surface area contributed by atoms with Gasteiger partial charge in [0.15, 0.2) is 11.4 Å². The van der Waals surface area contributed by atoms with E-state index < -0.39 is 29.4 Å². The summed E-state index contributed by atoms with van der Waals surface area (Å²) in [6, 6.07) is 16.8. The van der Waals surface area contributed by atoms with Gasteiger partial charge in [-0.05, 0) is 106 Å². The number of carbonyl (C=O) groups excluding carboxylic acids is 3. The van der Waals surface area contributed by atoms with Gasteiger partial charge in [-0.2, -0.15) is 0 Å². The first kappa shape index (κ1) is 32.1. The number of thioether (sulfide) groups is 1. The number of ether oxygens (including phenoxy) is 3. The fraction of sp³-hybridized carbons (Fsp3) is 0.382. The Balaban J connectivity index is 1.57. The number of amides is 1. The standard InChI is InChI=1S/C34H38FNO6S/c1-7-40-32(38)34(4,5)42-31-21(2)16-23(17-22(31)3)18-25-19-36(33(39)41-27-12-10-26(35)11-13-27)20-29(25)30(37)24-8-14-28(43-6)15-9-24/h8-17,25,29H,7,18-20H2,1-6H3/t25?,29-/m1/s1. The van der Waals surface area contributed by atoms with Crippen LogP contribution in [0, 0.1) is 31.5 Å². The van der Waals surface area contributed by atoms with Crippen molar-refractivity contribution in [1.29, 1.82) is 0 Å². The summed E-state index contributed by atoms with van der Waals surface area (Å²) >= 11 is 1.60. The van der Waals surface area contributed by atoms with Crippen molar-refractivity contribution in [2.75, 3.05) is 26.0 Å². The highest BCUT2D eigenvalue weighted by Crippen LogP contribution is 2.34. The second-order valence-electron chi connectivity index (χ2n) is 11.3. The molecule has 43 heavy (non-hydrogen) atoms. The van der Waals surface area contributed by atoms with E-state index in [1.807, 2.05) is 56.5 Å². The molecule has 1 fully saturated rings. The van der Waals surface area contributed by atoms with Crippen molar-refractivity contribution in [3.8, 4) is 11.5 Å². The molecule has 1 unspecified atom stereocenters. The Morgan fingerprint density at radius 3 is 2.19 bits per heavy atom. The van der Waals surface area contributed by atoms with E-state index in [9.17, 15) is 18.8 Å². The van der Waals surface area contributed by atoms with Crippen LogP contribution in [-0.2, 0) is 16.0 Å². The Bertz CT molecular complexity index is 1450. The number of benzene rings is 3. The first-order valence-corrected chi connectivity index (χ1v) is 15.5. The van der Waals surface area contributed by atoms with Gasteiger partial charge in [0.1, 0.15) is 17.3 Å². The molecule has 1 heterocycles. The lowest BCUT2D eigenvalue weighted by Gasteiger charge is -2.27. The molecule has 0 saturated carbocycles. The molecule has 228 valence electrons. The summed E-state index contributed by atoms with van der Waals surface area (Å²) in [6.45, 7) is 9.75. The van der Waals surface area contributed by atoms with Crippen LogP contribution >= 0.6 is 11.8 Å². The highest BCUT2D eigenvalue weighted by atomic mass is 32.2. The predicted octanol–water partition coefficient (Wildman–Crippen LogP) is 7.06.